The number of amides is 1. The molecule has 0 saturated carbocycles. The highest BCUT2D eigenvalue weighted by atomic mass is 16.5. The summed E-state index contributed by atoms with van der Waals surface area (Å²) in [5.41, 5.74) is 0. The molecule has 0 aliphatic heterocycles. The first-order chi connectivity index (χ1) is 8.20. The van der Waals surface area contributed by atoms with Gasteiger partial charge < -0.3 is 20.1 Å². The lowest BCUT2D eigenvalue weighted by atomic mass is 10.3. The molecule has 0 heterocycles. The maximum atomic E-state index is 11.4. The van der Waals surface area contributed by atoms with E-state index in [9.17, 15) is 4.79 Å². The number of hydrogen-bond acceptors (Lipinski definition) is 4. The Morgan fingerprint density at radius 1 is 1.47 bits per heavy atom. The van der Waals surface area contributed by atoms with Crippen molar-refractivity contribution < 1.29 is 14.3 Å². The van der Waals surface area contributed by atoms with Gasteiger partial charge in [-0.05, 0) is 13.3 Å². The van der Waals surface area contributed by atoms with E-state index in [0.29, 0.717) is 32.9 Å². The Balaban J connectivity index is 3.30. The minimum Gasteiger partial charge on any atom is -0.383 e. The van der Waals surface area contributed by atoms with Crippen molar-refractivity contribution in [2.24, 2.45) is 0 Å². The highest BCUT2D eigenvalue weighted by Gasteiger charge is 2.05. The van der Waals surface area contributed by atoms with Gasteiger partial charge in [0.15, 0.2) is 0 Å². The molecule has 0 aromatic carbocycles. The fourth-order valence-corrected chi connectivity index (χ4v) is 1.23. The van der Waals surface area contributed by atoms with E-state index >= 15 is 0 Å². The fourth-order valence-electron chi connectivity index (χ4n) is 1.23. The molecule has 2 N–H and O–H groups in total. The van der Waals surface area contributed by atoms with E-state index in [4.69, 9.17) is 9.47 Å². The third kappa shape index (κ3) is 11.4. The van der Waals surface area contributed by atoms with Crippen LogP contribution in [0.15, 0.2) is 12.7 Å². The lowest BCUT2D eigenvalue weighted by molar-refractivity contribution is -0.121. The van der Waals surface area contributed by atoms with Gasteiger partial charge in [0, 0.05) is 19.7 Å². The Kier molecular flexibility index (Phi) is 11.0. The summed E-state index contributed by atoms with van der Waals surface area (Å²) in [6, 6.07) is 0.0399. The van der Waals surface area contributed by atoms with Gasteiger partial charge in [-0.25, -0.2) is 0 Å². The van der Waals surface area contributed by atoms with Crippen LogP contribution < -0.4 is 10.6 Å². The van der Waals surface area contributed by atoms with Gasteiger partial charge >= 0.3 is 0 Å². The third-order valence-electron chi connectivity index (χ3n) is 2.00. The minimum atomic E-state index is -0.0272. The number of carbonyl (C=O) groups is 1. The molecule has 5 heteroatoms. The van der Waals surface area contributed by atoms with Crippen LogP contribution in [-0.2, 0) is 14.3 Å². The van der Waals surface area contributed by atoms with Crippen LogP contribution in [0, 0.1) is 0 Å². The Morgan fingerprint density at radius 3 is 2.88 bits per heavy atom. The first kappa shape index (κ1) is 16.1. The number of hydrogen-bond donors (Lipinski definition) is 2. The molecule has 0 radical (unpaired) electrons. The van der Waals surface area contributed by atoms with E-state index in [-0.39, 0.29) is 11.9 Å². The maximum absolute atomic E-state index is 11.4. The molecular formula is C12H24N2O3. The molecule has 0 aliphatic rings. The summed E-state index contributed by atoms with van der Waals surface area (Å²) in [5, 5.41) is 5.82. The number of rotatable bonds is 11. The lowest BCUT2D eigenvalue weighted by Crippen LogP contribution is -2.41. The smallest absolute Gasteiger partial charge is 0.234 e. The van der Waals surface area contributed by atoms with Crippen molar-refractivity contribution in [2.75, 3.05) is 40.0 Å². The average molecular weight is 244 g/mol. The Hall–Kier alpha value is -0.910. The number of ether oxygens (including phenoxy) is 2. The molecule has 5 nitrogen and oxygen atoms in total. The molecular weight excluding hydrogens is 220 g/mol. The normalized spacial score (nSPS) is 12.1. The molecule has 0 aromatic rings. The second-order valence-corrected chi connectivity index (χ2v) is 3.79. The monoisotopic (exact) mass is 244 g/mol. The van der Waals surface area contributed by atoms with E-state index in [1.54, 1.807) is 7.11 Å². The largest absolute Gasteiger partial charge is 0.383 e. The van der Waals surface area contributed by atoms with Gasteiger partial charge in [0.05, 0.1) is 26.4 Å². The molecule has 17 heavy (non-hydrogen) atoms. The van der Waals surface area contributed by atoms with Crippen LogP contribution in [0.4, 0.5) is 0 Å². The van der Waals surface area contributed by atoms with Crippen molar-refractivity contribution in [2.45, 2.75) is 19.4 Å². The SMILES string of the molecule is C=CCCOCCNCC(=O)NC(C)COC. The van der Waals surface area contributed by atoms with E-state index < -0.39 is 0 Å². The second kappa shape index (κ2) is 11.6. The zero-order chi connectivity index (χ0) is 12.9. The highest BCUT2D eigenvalue weighted by Crippen LogP contribution is 1.83. The summed E-state index contributed by atoms with van der Waals surface area (Å²) >= 11 is 0. The van der Waals surface area contributed by atoms with Crippen molar-refractivity contribution in [3.8, 4) is 0 Å². The van der Waals surface area contributed by atoms with Gasteiger partial charge in [0.1, 0.15) is 0 Å². The molecule has 0 spiro atoms. The van der Waals surface area contributed by atoms with E-state index in [0.717, 1.165) is 6.42 Å². The van der Waals surface area contributed by atoms with Crippen LogP contribution in [0.25, 0.3) is 0 Å². The van der Waals surface area contributed by atoms with Gasteiger partial charge in [-0.2, -0.15) is 0 Å². The Bertz CT molecular complexity index is 210. The zero-order valence-corrected chi connectivity index (χ0v) is 10.8. The van der Waals surface area contributed by atoms with Gasteiger partial charge in [-0.3, -0.25) is 4.79 Å². The van der Waals surface area contributed by atoms with Crippen LogP contribution >= 0.6 is 0 Å². The summed E-state index contributed by atoms with van der Waals surface area (Å²) in [4.78, 5) is 11.4. The molecule has 100 valence electrons. The standard InChI is InChI=1S/C12H24N2O3/c1-4-5-7-17-8-6-13-9-12(15)14-11(2)10-16-3/h4,11,13H,1,5-10H2,2-3H3,(H,14,15). The van der Waals surface area contributed by atoms with Gasteiger partial charge in [0.25, 0.3) is 0 Å². The molecule has 1 atom stereocenters. The first-order valence-electron chi connectivity index (χ1n) is 5.88. The molecule has 0 saturated heterocycles. The molecule has 1 amide bonds. The molecule has 0 bridgehead atoms. The lowest BCUT2D eigenvalue weighted by Gasteiger charge is -2.13. The van der Waals surface area contributed by atoms with Gasteiger partial charge in [-0.1, -0.05) is 6.08 Å². The van der Waals surface area contributed by atoms with Crippen LogP contribution in [-0.4, -0.2) is 52.0 Å². The van der Waals surface area contributed by atoms with Crippen molar-refractivity contribution in [1.29, 1.82) is 0 Å². The van der Waals surface area contributed by atoms with Crippen LogP contribution in [0.5, 0.6) is 0 Å². The minimum absolute atomic E-state index is 0.0272. The summed E-state index contributed by atoms with van der Waals surface area (Å²) in [7, 11) is 1.61. The van der Waals surface area contributed by atoms with Crippen molar-refractivity contribution >= 4 is 5.91 Å². The van der Waals surface area contributed by atoms with Crippen LogP contribution in [0.1, 0.15) is 13.3 Å². The summed E-state index contributed by atoms with van der Waals surface area (Å²) in [6.07, 6.45) is 2.67. The number of methoxy groups -OCH3 is 1. The highest BCUT2D eigenvalue weighted by molar-refractivity contribution is 5.78. The average Bonchev–Trinajstić information content (AvgIpc) is 2.28. The van der Waals surface area contributed by atoms with Crippen LogP contribution in [0.2, 0.25) is 0 Å². The molecule has 0 rings (SSSR count). The molecule has 0 aliphatic carbocycles. The fraction of sp³-hybridized carbons (Fsp3) is 0.750. The zero-order valence-electron chi connectivity index (χ0n) is 10.8. The van der Waals surface area contributed by atoms with Gasteiger partial charge in [-0.15, -0.1) is 6.58 Å². The van der Waals surface area contributed by atoms with E-state index in [1.165, 1.54) is 0 Å². The number of carbonyl (C=O) groups excluding carboxylic acids is 1. The quantitative estimate of drug-likeness (QED) is 0.406. The number of nitrogens with one attached hydrogen (secondary N) is 2. The molecule has 0 aromatic heterocycles. The van der Waals surface area contributed by atoms with E-state index in [2.05, 4.69) is 17.2 Å². The summed E-state index contributed by atoms with van der Waals surface area (Å²) in [6.45, 7) is 8.29. The summed E-state index contributed by atoms with van der Waals surface area (Å²) in [5.74, 6) is -0.0272. The van der Waals surface area contributed by atoms with Gasteiger partial charge in [0.2, 0.25) is 5.91 Å². The maximum Gasteiger partial charge on any atom is 0.234 e. The predicted molar refractivity (Wildman–Crippen MR) is 68.0 cm³/mol. The van der Waals surface area contributed by atoms with Crippen molar-refractivity contribution in [3.63, 3.8) is 0 Å². The predicted octanol–water partition coefficient (Wildman–Crippen LogP) is 0.320. The topological polar surface area (TPSA) is 59.6 Å². The van der Waals surface area contributed by atoms with Crippen molar-refractivity contribution in [3.05, 3.63) is 12.7 Å². The van der Waals surface area contributed by atoms with Crippen molar-refractivity contribution in [1.82, 2.24) is 10.6 Å². The van der Waals surface area contributed by atoms with E-state index in [1.807, 2.05) is 13.0 Å². The third-order valence-corrected chi connectivity index (χ3v) is 2.00. The molecule has 0 fully saturated rings. The summed E-state index contributed by atoms with van der Waals surface area (Å²) < 4.78 is 10.2. The van der Waals surface area contributed by atoms with Crippen LogP contribution in [0.3, 0.4) is 0 Å². The first-order valence-corrected chi connectivity index (χ1v) is 5.88. The Morgan fingerprint density at radius 2 is 2.24 bits per heavy atom. The second-order valence-electron chi connectivity index (χ2n) is 3.79. The molecule has 1 unspecified atom stereocenters. The Labute approximate surface area is 104 Å².